The summed E-state index contributed by atoms with van der Waals surface area (Å²) in [5.41, 5.74) is -0.259. The first-order valence-electron chi connectivity index (χ1n) is 4.84. The van der Waals surface area contributed by atoms with E-state index in [9.17, 15) is 4.79 Å². The Morgan fingerprint density at radius 3 is 2.77 bits per heavy atom. The third-order valence-electron chi connectivity index (χ3n) is 2.73. The van der Waals surface area contributed by atoms with E-state index in [2.05, 4.69) is 12.2 Å². The van der Waals surface area contributed by atoms with Gasteiger partial charge in [-0.05, 0) is 31.5 Å². The van der Waals surface area contributed by atoms with Gasteiger partial charge in [0, 0.05) is 6.54 Å². The van der Waals surface area contributed by atoms with Crippen molar-refractivity contribution >= 4 is 23.2 Å². The monoisotopic (exact) mass is 198 g/mol. The van der Waals surface area contributed by atoms with Crippen molar-refractivity contribution in [2.45, 2.75) is 38.1 Å². The Morgan fingerprint density at radius 2 is 2.31 bits per heavy atom. The first kappa shape index (κ1) is 8.94. The molecule has 2 fully saturated rings. The van der Waals surface area contributed by atoms with Gasteiger partial charge >= 0.3 is 0 Å². The quantitative estimate of drug-likeness (QED) is 0.688. The summed E-state index contributed by atoms with van der Waals surface area (Å²) >= 11 is 5.11. The van der Waals surface area contributed by atoms with Crippen molar-refractivity contribution in [1.29, 1.82) is 0 Å². The van der Waals surface area contributed by atoms with Crippen molar-refractivity contribution in [3.63, 3.8) is 0 Å². The fraction of sp³-hybridized carbons (Fsp3) is 0.778. The molecule has 0 aromatic rings. The molecule has 0 aromatic heterocycles. The highest BCUT2D eigenvalue weighted by atomic mass is 32.1. The van der Waals surface area contributed by atoms with Crippen LogP contribution >= 0.6 is 12.2 Å². The number of nitrogens with one attached hydrogen (secondary N) is 1. The van der Waals surface area contributed by atoms with Crippen molar-refractivity contribution in [3.05, 3.63) is 0 Å². The molecule has 2 aliphatic rings. The van der Waals surface area contributed by atoms with Crippen molar-refractivity contribution in [3.8, 4) is 0 Å². The zero-order valence-electron chi connectivity index (χ0n) is 7.80. The molecule has 0 radical (unpaired) electrons. The Morgan fingerprint density at radius 1 is 1.62 bits per heavy atom. The van der Waals surface area contributed by atoms with Gasteiger partial charge in [-0.3, -0.25) is 9.69 Å². The van der Waals surface area contributed by atoms with Gasteiger partial charge in [0.05, 0.1) is 0 Å². The summed E-state index contributed by atoms with van der Waals surface area (Å²) in [6.07, 6.45) is 4.03. The second kappa shape index (κ2) is 2.94. The van der Waals surface area contributed by atoms with Crippen molar-refractivity contribution in [1.82, 2.24) is 10.2 Å². The number of rotatable bonds is 3. The normalized spacial score (nSPS) is 23.9. The lowest BCUT2D eigenvalue weighted by Gasteiger charge is -2.13. The fourth-order valence-electron chi connectivity index (χ4n) is 1.66. The van der Waals surface area contributed by atoms with E-state index in [1.54, 1.807) is 4.90 Å². The molecule has 13 heavy (non-hydrogen) atoms. The van der Waals surface area contributed by atoms with Crippen LogP contribution in [0.4, 0.5) is 0 Å². The molecule has 0 unspecified atom stereocenters. The van der Waals surface area contributed by atoms with Gasteiger partial charge in [0.15, 0.2) is 5.11 Å². The minimum atomic E-state index is -0.259. The van der Waals surface area contributed by atoms with Gasteiger partial charge in [0.25, 0.3) is 5.91 Å². The van der Waals surface area contributed by atoms with E-state index in [0.717, 1.165) is 32.2 Å². The van der Waals surface area contributed by atoms with Gasteiger partial charge < -0.3 is 5.32 Å². The van der Waals surface area contributed by atoms with Crippen molar-refractivity contribution < 1.29 is 4.79 Å². The largest absolute Gasteiger partial charge is 0.348 e. The Labute approximate surface area is 83.5 Å². The highest BCUT2D eigenvalue weighted by molar-refractivity contribution is 7.80. The molecule has 1 N–H and O–H groups in total. The second-order valence-corrected chi connectivity index (χ2v) is 4.21. The molecule has 2 rings (SSSR count). The smallest absolute Gasteiger partial charge is 0.254 e. The SMILES string of the molecule is CCCCN1C(=O)C2(CC2)NC1=S. The topological polar surface area (TPSA) is 32.3 Å². The second-order valence-electron chi connectivity index (χ2n) is 3.82. The number of amides is 1. The van der Waals surface area contributed by atoms with Gasteiger partial charge in [-0.25, -0.2) is 0 Å². The predicted molar refractivity (Wildman–Crippen MR) is 54.3 cm³/mol. The number of nitrogens with zero attached hydrogens (tertiary/aromatic N) is 1. The average Bonchev–Trinajstić information content (AvgIpc) is 2.81. The molecule has 3 nitrogen and oxygen atoms in total. The first-order valence-corrected chi connectivity index (χ1v) is 5.24. The standard InChI is InChI=1S/C9H14N2OS/c1-2-3-6-11-7(12)9(4-5-9)10-8(11)13/h2-6H2,1H3,(H,10,13). The Bertz CT molecular complexity index is 260. The third kappa shape index (κ3) is 1.33. The maximum atomic E-state index is 11.8. The summed E-state index contributed by atoms with van der Waals surface area (Å²) < 4.78 is 0. The number of hydrogen-bond donors (Lipinski definition) is 1. The Hall–Kier alpha value is -0.640. The highest BCUT2D eigenvalue weighted by Crippen LogP contribution is 2.40. The molecule has 1 amide bonds. The Kier molecular flexibility index (Phi) is 2.02. The lowest BCUT2D eigenvalue weighted by Crippen LogP contribution is -2.33. The predicted octanol–water partition coefficient (Wildman–Crippen LogP) is 1.04. The molecular weight excluding hydrogens is 184 g/mol. The summed E-state index contributed by atoms with van der Waals surface area (Å²) in [6, 6.07) is 0. The van der Waals surface area contributed by atoms with E-state index in [0.29, 0.717) is 5.11 Å². The maximum Gasteiger partial charge on any atom is 0.254 e. The van der Waals surface area contributed by atoms with E-state index in [4.69, 9.17) is 12.2 Å². The first-order chi connectivity index (χ1) is 6.19. The van der Waals surface area contributed by atoms with Crippen LogP contribution in [-0.4, -0.2) is 28.0 Å². The van der Waals surface area contributed by atoms with Crippen LogP contribution in [0.15, 0.2) is 0 Å². The molecule has 0 aromatic carbocycles. The maximum absolute atomic E-state index is 11.8. The molecular formula is C9H14N2OS. The molecule has 0 bridgehead atoms. The number of unbranched alkanes of at least 4 members (excludes halogenated alkanes) is 1. The van der Waals surface area contributed by atoms with Crippen LogP contribution in [0.3, 0.4) is 0 Å². The van der Waals surface area contributed by atoms with Gasteiger partial charge in [-0.1, -0.05) is 13.3 Å². The number of hydrogen-bond acceptors (Lipinski definition) is 2. The molecule has 1 saturated carbocycles. The van der Waals surface area contributed by atoms with E-state index < -0.39 is 0 Å². The molecule has 1 aliphatic carbocycles. The van der Waals surface area contributed by atoms with E-state index >= 15 is 0 Å². The van der Waals surface area contributed by atoms with Crippen LogP contribution in [0.2, 0.25) is 0 Å². The third-order valence-corrected chi connectivity index (χ3v) is 3.05. The van der Waals surface area contributed by atoms with Crippen LogP contribution in [0.25, 0.3) is 0 Å². The molecule has 1 heterocycles. The Balaban J connectivity index is 2.03. The van der Waals surface area contributed by atoms with Crippen molar-refractivity contribution in [2.75, 3.05) is 6.54 Å². The van der Waals surface area contributed by atoms with Gasteiger partial charge in [-0.2, -0.15) is 0 Å². The number of carbonyl (C=O) groups excluding carboxylic acids is 1. The zero-order chi connectivity index (χ0) is 9.47. The molecule has 4 heteroatoms. The average molecular weight is 198 g/mol. The summed E-state index contributed by atoms with van der Waals surface area (Å²) in [7, 11) is 0. The summed E-state index contributed by atoms with van der Waals surface area (Å²) in [5.74, 6) is 0.200. The highest BCUT2D eigenvalue weighted by Gasteiger charge is 2.57. The lowest BCUT2D eigenvalue weighted by atomic mass is 10.2. The molecule has 1 aliphatic heterocycles. The zero-order valence-corrected chi connectivity index (χ0v) is 8.62. The van der Waals surface area contributed by atoms with Crippen LogP contribution in [0.5, 0.6) is 0 Å². The van der Waals surface area contributed by atoms with Crippen molar-refractivity contribution in [2.24, 2.45) is 0 Å². The molecule has 1 saturated heterocycles. The van der Waals surface area contributed by atoms with E-state index in [1.165, 1.54) is 0 Å². The molecule has 72 valence electrons. The fourth-order valence-corrected chi connectivity index (χ4v) is 2.03. The molecule has 1 spiro atoms. The summed E-state index contributed by atoms with van der Waals surface area (Å²) in [6.45, 7) is 2.90. The van der Waals surface area contributed by atoms with E-state index in [1.807, 2.05) is 0 Å². The van der Waals surface area contributed by atoms with Gasteiger partial charge in [0.2, 0.25) is 0 Å². The summed E-state index contributed by atoms with van der Waals surface area (Å²) in [5, 5.41) is 3.76. The molecule has 0 atom stereocenters. The minimum absolute atomic E-state index is 0.200. The van der Waals surface area contributed by atoms with Gasteiger partial charge in [0.1, 0.15) is 5.54 Å². The number of carbonyl (C=O) groups is 1. The lowest BCUT2D eigenvalue weighted by molar-refractivity contribution is -0.128. The summed E-state index contributed by atoms with van der Waals surface area (Å²) in [4.78, 5) is 13.5. The van der Waals surface area contributed by atoms with Crippen LogP contribution in [0.1, 0.15) is 32.6 Å². The van der Waals surface area contributed by atoms with Crippen LogP contribution in [-0.2, 0) is 4.79 Å². The van der Waals surface area contributed by atoms with Crippen LogP contribution < -0.4 is 5.32 Å². The van der Waals surface area contributed by atoms with Gasteiger partial charge in [-0.15, -0.1) is 0 Å². The van der Waals surface area contributed by atoms with Crippen LogP contribution in [0, 0.1) is 0 Å². The minimum Gasteiger partial charge on any atom is -0.348 e. The van der Waals surface area contributed by atoms with E-state index in [-0.39, 0.29) is 11.4 Å². The number of thiocarbonyl (C=S) groups is 1.